The highest BCUT2D eigenvalue weighted by molar-refractivity contribution is 5.39. The molecule has 1 aromatic carbocycles. The Labute approximate surface area is 89.7 Å². The van der Waals surface area contributed by atoms with Crippen LogP contribution in [0.2, 0.25) is 0 Å². The summed E-state index contributed by atoms with van der Waals surface area (Å²) in [7, 11) is 0. The second kappa shape index (κ2) is 2.97. The van der Waals surface area contributed by atoms with Gasteiger partial charge in [0.2, 0.25) is 0 Å². The smallest absolute Gasteiger partial charge is 0.335 e. The van der Waals surface area contributed by atoms with Crippen molar-refractivity contribution in [1.82, 2.24) is 0 Å². The number of benzene rings is 1. The first-order valence-electron chi connectivity index (χ1n) is 4.76. The summed E-state index contributed by atoms with van der Waals surface area (Å²) in [6.45, 7) is 1.12. The van der Waals surface area contributed by atoms with E-state index in [0.717, 1.165) is 13.0 Å². The molecule has 1 atom stereocenters. The van der Waals surface area contributed by atoms with Crippen molar-refractivity contribution in [3.8, 4) is 0 Å². The monoisotopic (exact) mass is 234 g/mol. The number of hydrogen-bond acceptors (Lipinski definition) is 1. The normalized spacial score (nSPS) is 30.9. The molecular formula is C11H10F4O. The summed E-state index contributed by atoms with van der Waals surface area (Å²) in [6, 6.07) is 4.87. The van der Waals surface area contributed by atoms with Gasteiger partial charge in [0.05, 0.1) is 12.0 Å². The molecule has 88 valence electrons. The van der Waals surface area contributed by atoms with Crippen molar-refractivity contribution >= 4 is 0 Å². The Bertz CT molecular complexity index is 426. The van der Waals surface area contributed by atoms with Crippen molar-refractivity contribution in [3.63, 3.8) is 0 Å². The molecule has 1 N–H and O–H groups in total. The molecule has 16 heavy (non-hydrogen) atoms. The van der Waals surface area contributed by atoms with Crippen LogP contribution in [0.15, 0.2) is 24.3 Å². The van der Waals surface area contributed by atoms with Gasteiger partial charge >= 0.3 is 11.8 Å². The second-order valence-electron chi connectivity index (χ2n) is 4.28. The molecule has 1 unspecified atom stereocenters. The minimum atomic E-state index is -4.23. The predicted molar refractivity (Wildman–Crippen MR) is 49.5 cm³/mol. The maximum atomic E-state index is 13.5. The third kappa shape index (κ3) is 1.34. The lowest BCUT2D eigenvalue weighted by Crippen LogP contribution is -2.49. The molecule has 0 aromatic heterocycles. The number of alkyl halides is 4. The number of fused-ring (bicyclic) bond motifs is 1. The van der Waals surface area contributed by atoms with Crippen molar-refractivity contribution in [3.05, 3.63) is 35.4 Å². The van der Waals surface area contributed by atoms with Crippen LogP contribution in [0.3, 0.4) is 0 Å². The van der Waals surface area contributed by atoms with Gasteiger partial charge < -0.3 is 5.11 Å². The summed E-state index contributed by atoms with van der Waals surface area (Å²) in [5.74, 6) is -8.46. The molecule has 1 aliphatic rings. The molecule has 0 heterocycles. The Morgan fingerprint density at radius 2 is 1.56 bits per heavy atom. The van der Waals surface area contributed by atoms with Gasteiger partial charge in [-0.15, -0.1) is 0 Å². The first-order valence-corrected chi connectivity index (χ1v) is 4.76. The van der Waals surface area contributed by atoms with E-state index in [1.165, 1.54) is 18.2 Å². The van der Waals surface area contributed by atoms with Gasteiger partial charge in [0.1, 0.15) is 0 Å². The topological polar surface area (TPSA) is 20.2 Å². The van der Waals surface area contributed by atoms with Gasteiger partial charge in [-0.2, -0.15) is 17.6 Å². The Morgan fingerprint density at radius 1 is 1.06 bits per heavy atom. The van der Waals surface area contributed by atoms with Gasteiger partial charge in [-0.25, -0.2) is 0 Å². The van der Waals surface area contributed by atoms with E-state index >= 15 is 0 Å². The van der Waals surface area contributed by atoms with Gasteiger partial charge in [0.15, 0.2) is 0 Å². The predicted octanol–water partition coefficient (Wildman–Crippen LogP) is 3.02. The fourth-order valence-electron chi connectivity index (χ4n) is 2.06. The molecule has 0 bridgehead atoms. The van der Waals surface area contributed by atoms with Crippen molar-refractivity contribution in [2.45, 2.75) is 30.8 Å². The summed E-state index contributed by atoms with van der Waals surface area (Å²) in [5, 5.41) is 9.78. The molecule has 1 aromatic rings. The molecular weight excluding hydrogens is 224 g/mol. The molecule has 1 nitrogen and oxygen atoms in total. The van der Waals surface area contributed by atoms with E-state index in [-0.39, 0.29) is 5.56 Å². The van der Waals surface area contributed by atoms with E-state index in [4.69, 9.17) is 0 Å². The van der Waals surface area contributed by atoms with E-state index in [1.54, 1.807) is 0 Å². The van der Waals surface area contributed by atoms with Crippen LogP contribution >= 0.6 is 0 Å². The first-order chi connectivity index (χ1) is 7.18. The Hall–Kier alpha value is -1.10. The summed E-state index contributed by atoms with van der Waals surface area (Å²) in [6.07, 6.45) is -1.27. The van der Waals surface area contributed by atoms with Crippen LogP contribution in [0.1, 0.15) is 24.5 Å². The number of rotatable bonds is 0. The lowest BCUT2D eigenvalue weighted by atomic mass is 9.76. The fraction of sp³-hybridized carbons (Fsp3) is 0.455. The average molecular weight is 234 g/mol. The maximum Gasteiger partial charge on any atom is 0.335 e. The average Bonchev–Trinajstić information content (AvgIpc) is 2.14. The minimum Gasteiger partial charge on any atom is -0.385 e. The summed E-state index contributed by atoms with van der Waals surface area (Å²) >= 11 is 0. The zero-order valence-electron chi connectivity index (χ0n) is 8.48. The summed E-state index contributed by atoms with van der Waals surface area (Å²) < 4.78 is 53.4. The SMILES string of the molecule is CC1(O)CC(F)(F)C(F)(F)c2ccccc21. The van der Waals surface area contributed by atoms with Crippen LogP contribution in [0, 0.1) is 0 Å². The van der Waals surface area contributed by atoms with Crippen molar-refractivity contribution < 1.29 is 22.7 Å². The molecule has 0 spiro atoms. The summed E-state index contributed by atoms with van der Waals surface area (Å²) in [4.78, 5) is 0. The molecule has 5 heteroatoms. The van der Waals surface area contributed by atoms with E-state index < -0.39 is 29.4 Å². The maximum absolute atomic E-state index is 13.5. The van der Waals surface area contributed by atoms with E-state index in [0.29, 0.717) is 0 Å². The third-order valence-electron chi connectivity index (χ3n) is 2.87. The van der Waals surface area contributed by atoms with Gasteiger partial charge in [-0.05, 0) is 12.5 Å². The minimum absolute atomic E-state index is 0.133. The van der Waals surface area contributed by atoms with Crippen LogP contribution in [0.4, 0.5) is 17.6 Å². The number of aliphatic hydroxyl groups is 1. The Morgan fingerprint density at radius 3 is 2.12 bits per heavy atom. The Balaban J connectivity index is 2.71. The van der Waals surface area contributed by atoms with Crippen molar-refractivity contribution in [2.24, 2.45) is 0 Å². The highest BCUT2D eigenvalue weighted by Gasteiger charge is 2.64. The molecule has 0 saturated heterocycles. The zero-order valence-corrected chi connectivity index (χ0v) is 8.48. The van der Waals surface area contributed by atoms with Gasteiger partial charge in [-0.1, -0.05) is 24.3 Å². The lowest BCUT2D eigenvalue weighted by Gasteiger charge is -2.40. The first kappa shape index (κ1) is 11.4. The van der Waals surface area contributed by atoms with Crippen molar-refractivity contribution in [2.75, 3.05) is 0 Å². The molecule has 1 aliphatic carbocycles. The van der Waals surface area contributed by atoms with Gasteiger partial charge in [0.25, 0.3) is 0 Å². The fourth-order valence-corrected chi connectivity index (χ4v) is 2.06. The van der Waals surface area contributed by atoms with E-state index in [9.17, 15) is 22.7 Å². The summed E-state index contributed by atoms with van der Waals surface area (Å²) in [5.41, 5.74) is -2.86. The van der Waals surface area contributed by atoms with Crippen molar-refractivity contribution in [1.29, 1.82) is 0 Å². The standard InChI is InChI=1S/C11H10F4O/c1-9(16)6-10(12,13)11(14,15)8-5-3-2-4-7(8)9/h2-5,16H,6H2,1H3. The van der Waals surface area contributed by atoms with Crippen LogP contribution in [-0.4, -0.2) is 11.0 Å². The highest BCUT2D eigenvalue weighted by Crippen LogP contribution is 2.54. The largest absolute Gasteiger partial charge is 0.385 e. The molecule has 0 aliphatic heterocycles. The quantitative estimate of drug-likeness (QED) is 0.684. The Kier molecular flexibility index (Phi) is 2.11. The number of hydrogen-bond donors (Lipinski definition) is 1. The van der Waals surface area contributed by atoms with E-state index in [2.05, 4.69) is 0 Å². The van der Waals surface area contributed by atoms with Gasteiger partial charge in [-0.3, -0.25) is 0 Å². The molecule has 0 fully saturated rings. The van der Waals surface area contributed by atoms with Crippen LogP contribution in [-0.2, 0) is 11.5 Å². The third-order valence-corrected chi connectivity index (χ3v) is 2.87. The second-order valence-corrected chi connectivity index (χ2v) is 4.28. The van der Waals surface area contributed by atoms with Crippen LogP contribution in [0.25, 0.3) is 0 Å². The highest BCUT2D eigenvalue weighted by atomic mass is 19.3. The molecule has 0 amide bonds. The van der Waals surface area contributed by atoms with E-state index in [1.807, 2.05) is 0 Å². The lowest BCUT2D eigenvalue weighted by molar-refractivity contribution is -0.251. The zero-order chi connectivity index (χ0) is 12.2. The molecule has 2 rings (SSSR count). The van der Waals surface area contributed by atoms with Gasteiger partial charge in [0, 0.05) is 5.56 Å². The van der Waals surface area contributed by atoms with Crippen LogP contribution < -0.4 is 0 Å². The van der Waals surface area contributed by atoms with Crippen LogP contribution in [0.5, 0.6) is 0 Å². The molecule has 0 radical (unpaired) electrons. The number of halogens is 4. The molecule has 0 saturated carbocycles.